The van der Waals surface area contributed by atoms with Crippen LogP contribution in [0, 0.1) is 12.8 Å². The van der Waals surface area contributed by atoms with Crippen LogP contribution in [0.4, 0.5) is 5.82 Å². The molecular weight excluding hydrogens is 324 g/mol. The van der Waals surface area contributed by atoms with Gasteiger partial charge in [0.2, 0.25) is 0 Å². The van der Waals surface area contributed by atoms with Gasteiger partial charge in [-0.25, -0.2) is 4.98 Å². The summed E-state index contributed by atoms with van der Waals surface area (Å²) in [4.78, 5) is 18.8. The Bertz CT molecular complexity index is 721. The molecule has 138 valence electrons. The minimum Gasteiger partial charge on any atom is -0.369 e. The number of benzene rings is 1. The number of rotatable bonds is 6. The summed E-state index contributed by atoms with van der Waals surface area (Å²) in [6.07, 6.45) is 4.06. The summed E-state index contributed by atoms with van der Waals surface area (Å²) in [5.41, 5.74) is 3.30. The molecule has 1 amide bonds. The summed E-state index contributed by atoms with van der Waals surface area (Å²) in [5, 5.41) is 6.04. The van der Waals surface area contributed by atoms with E-state index >= 15 is 0 Å². The molecular formula is C21H28N4O. The third kappa shape index (κ3) is 4.82. The van der Waals surface area contributed by atoms with Crippen molar-refractivity contribution in [3.8, 4) is 0 Å². The predicted molar refractivity (Wildman–Crippen MR) is 105 cm³/mol. The molecule has 1 saturated heterocycles. The topological polar surface area (TPSA) is 57.3 Å². The van der Waals surface area contributed by atoms with E-state index in [1.165, 1.54) is 24.0 Å². The molecule has 1 fully saturated rings. The van der Waals surface area contributed by atoms with Crippen LogP contribution in [0.15, 0.2) is 42.6 Å². The number of amides is 1. The fourth-order valence-corrected chi connectivity index (χ4v) is 3.41. The van der Waals surface area contributed by atoms with Gasteiger partial charge >= 0.3 is 0 Å². The second-order valence-corrected chi connectivity index (χ2v) is 7.06. The number of pyridine rings is 1. The van der Waals surface area contributed by atoms with E-state index in [1.54, 1.807) is 25.4 Å². The van der Waals surface area contributed by atoms with Crippen LogP contribution < -0.4 is 10.6 Å². The summed E-state index contributed by atoms with van der Waals surface area (Å²) in [7, 11) is 1.64. The van der Waals surface area contributed by atoms with Crippen molar-refractivity contribution in [3.05, 3.63) is 59.3 Å². The van der Waals surface area contributed by atoms with Crippen LogP contribution >= 0.6 is 0 Å². The molecule has 2 N–H and O–H groups in total. The Morgan fingerprint density at radius 1 is 1.19 bits per heavy atom. The Labute approximate surface area is 155 Å². The maximum absolute atomic E-state index is 11.9. The lowest BCUT2D eigenvalue weighted by Crippen LogP contribution is -2.35. The number of aromatic nitrogens is 1. The normalized spacial score (nSPS) is 15.6. The van der Waals surface area contributed by atoms with Crippen molar-refractivity contribution in [1.29, 1.82) is 0 Å². The lowest BCUT2D eigenvalue weighted by atomic mass is 9.96. The van der Waals surface area contributed by atoms with Gasteiger partial charge in [0, 0.05) is 26.3 Å². The zero-order valence-electron chi connectivity index (χ0n) is 15.7. The highest BCUT2D eigenvalue weighted by atomic mass is 16.1. The van der Waals surface area contributed by atoms with Gasteiger partial charge in [0.1, 0.15) is 5.82 Å². The number of nitrogens with one attached hydrogen (secondary N) is 2. The molecule has 1 aromatic heterocycles. The molecule has 0 bridgehead atoms. The number of piperidine rings is 1. The van der Waals surface area contributed by atoms with Crippen LogP contribution in [-0.4, -0.2) is 42.5 Å². The van der Waals surface area contributed by atoms with Crippen molar-refractivity contribution >= 4 is 11.7 Å². The van der Waals surface area contributed by atoms with Gasteiger partial charge in [-0.15, -0.1) is 0 Å². The van der Waals surface area contributed by atoms with Crippen molar-refractivity contribution in [1.82, 2.24) is 15.2 Å². The molecule has 1 aliphatic rings. The lowest BCUT2D eigenvalue weighted by Gasteiger charge is -2.32. The average Bonchev–Trinajstić information content (AvgIpc) is 2.69. The molecule has 2 heterocycles. The van der Waals surface area contributed by atoms with E-state index in [1.807, 2.05) is 0 Å². The number of aryl methyl sites for hydroxylation is 1. The molecule has 2 aromatic rings. The first-order valence-electron chi connectivity index (χ1n) is 9.34. The summed E-state index contributed by atoms with van der Waals surface area (Å²) < 4.78 is 0. The number of carbonyl (C=O) groups excluding carboxylic acids is 1. The predicted octanol–water partition coefficient (Wildman–Crippen LogP) is 3.07. The first-order chi connectivity index (χ1) is 12.7. The van der Waals surface area contributed by atoms with Crippen LogP contribution in [-0.2, 0) is 6.54 Å². The molecule has 0 saturated carbocycles. The van der Waals surface area contributed by atoms with E-state index in [-0.39, 0.29) is 5.91 Å². The Kier molecular flexibility index (Phi) is 6.23. The van der Waals surface area contributed by atoms with Gasteiger partial charge in [0.15, 0.2) is 0 Å². The highest BCUT2D eigenvalue weighted by Crippen LogP contribution is 2.20. The first kappa shape index (κ1) is 18.4. The van der Waals surface area contributed by atoms with Crippen LogP contribution in [0.3, 0.4) is 0 Å². The van der Waals surface area contributed by atoms with E-state index < -0.39 is 0 Å². The van der Waals surface area contributed by atoms with Gasteiger partial charge in [-0.1, -0.05) is 29.8 Å². The molecule has 3 rings (SSSR count). The highest BCUT2D eigenvalue weighted by molar-refractivity contribution is 5.98. The molecule has 1 aliphatic heterocycles. The summed E-state index contributed by atoms with van der Waals surface area (Å²) in [6, 6.07) is 12.4. The quantitative estimate of drug-likeness (QED) is 0.839. The number of likely N-dealkylation sites (tertiary alicyclic amines) is 1. The fraction of sp³-hybridized carbons (Fsp3) is 0.429. The largest absolute Gasteiger partial charge is 0.369 e. The standard InChI is InChI=1S/C21H28N4O/c1-16-5-7-18(8-6-16)15-25-12-9-17(10-13-25)14-24-20-19(21(26)22-2)4-3-11-23-20/h3-8,11,17H,9-10,12-15H2,1-2H3,(H,22,26)(H,23,24). The Morgan fingerprint density at radius 2 is 1.92 bits per heavy atom. The third-order valence-electron chi connectivity index (χ3n) is 5.07. The molecule has 0 aliphatic carbocycles. The Balaban J connectivity index is 1.47. The van der Waals surface area contributed by atoms with Gasteiger partial charge in [-0.3, -0.25) is 9.69 Å². The highest BCUT2D eigenvalue weighted by Gasteiger charge is 2.20. The zero-order valence-corrected chi connectivity index (χ0v) is 15.7. The van der Waals surface area contributed by atoms with Crippen LogP contribution in [0.2, 0.25) is 0 Å². The number of hydrogen-bond donors (Lipinski definition) is 2. The molecule has 5 heteroatoms. The van der Waals surface area contributed by atoms with Crippen LogP contribution in [0.5, 0.6) is 0 Å². The number of anilines is 1. The maximum Gasteiger partial charge on any atom is 0.254 e. The minimum absolute atomic E-state index is 0.103. The zero-order chi connectivity index (χ0) is 18.4. The van der Waals surface area contributed by atoms with Crippen molar-refractivity contribution in [2.24, 2.45) is 5.92 Å². The van der Waals surface area contributed by atoms with E-state index in [9.17, 15) is 4.79 Å². The molecule has 1 aromatic carbocycles. The first-order valence-corrected chi connectivity index (χ1v) is 9.34. The Morgan fingerprint density at radius 3 is 2.62 bits per heavy atom. The van der Waals surface area contributed by atoms with E-state index in [0.29, 0.717) is 17.3 Å². The van der Waals surface area contributed by atoms with E-state index in [2.05, 4.69) is 51.7 Å². The smallest absolute Gasteiger partial charge is 0.254 e. The van der Waals surface area contributed by atoms with Crippen molar-refractivity contribution in [2.45, 2.75) is 26.3 Å². The maximum atomic E-state index is 11.9. The second-order valence-electron chi connectivity index (χ2n) is 7.06. The van der Waals surface area contributed by atoms with Crippen molar-refractivity contribution in [3.63, 3.8) is 0 Å². The molecule has 26 heavy (non-hydrogen) atoms. The van der Waals surface area contributed by atoms with Gasteiger partial charge < -0.3 is 10.6 Å². The SMILES string of the molecule is CNC(=O)c1cccnc1NCC1CCN(Cc2ccc(C)cc2)CC1. The molecule has 0 atom stereocenters. The van der Waals surface area contributed by atoms with E-state index in [0.717, 1.165) is 26.2 Å². The average molecular weight is 352 g/mol. The summed E-state index contributed by atoms with van der Waals surface area (Å²) in [5.74, 6) is 1.19. The summed E-state index contributed by atoms with van der Waals surface area (Å²) in [6.45, 7) is 6.25. The fourth-order valence-electron chi connectivity index (χ4n) is 3.41. The van der Waals surface area contributed by atoms with Gasteiger partial charge in [-0.2, -0.15) is 0 Å². The van der Waals surface area contributed by atoms with Gasteiger partial charge in [0.05, 0.1) is 5.56 Å². The Hall–Kier alpha value is -2.40. The van der Waals surface area contributed by atoms with Crippen LogP contribution in [0.25, 0.3) is 0 Å². The van der Waals surface area contributed by atoms with Gasteiger partial charge in [0.25, 0.3) is 5.91 Å². The van der Waals surface area contributed by atoms with Crippen molar-refractivity contribution < 1.29 is 4.79 Å². The lowest BCUT2D eigenvalue weighted by molar-refractivity contribution is 0.0963. The van der Waals surface area contributed by atoms with Crippen molar-refractivity contribution in [2.75, 3.05) is 32.0 Å². The number of hydrogen-bond acceptors (Lipinski definition) is 4. The second kappa shape index (κ2) is 8.81. The number of carbonyl (C=O) groups is 1. The van der Waals surface area contributed by atoms with Gasteiger partial charge in [-0.05, 0) is 56.5 Å². The molecule has 5 nitrogen and oxygen atoms in total. The van der Waals surface area contributed by atoms with Crippen LogP contribution in [0.1, 0.15) is 34.3 Å². The summed E-state index contributed by atoms with van der Waals surface area (Å²) >= 11 is 0. The monoisotopic (exact) mass is 352 g/mol. The minimum atomic E-state index is -0.103. The molecule has 0 spiro atoms. The molecule has 0 radical (unpaired) electrons. The molecule has 0 unspecified atom stereocenters. The number of nitrogens with zero attached hydrogens (tertiary/aromatic N) is 2. The third-order valence-corrected chi connectivity index (χ3v) is 5.07. The van der Waals surface area contributed by atoms with E-state index in [4.69, 9.17) is 0 Å².